The molecule has 0 radical (unpaired) electrons. The SMILES string of the molecule is CONC(=O)c1cc2ccccc2s1. The van der Waals surface area contributed by atoms with E-state index in [1.807, 2.05) is 30.3 Å². The van der Waals surface area contributed by atoms with E-state index < -0.39 is 0 Å². The number of hydroxylamine groups is 1. The van der Waals surface area contributed by atoms with Gasteiger partial charge in [0.15, 0.2) is 0 Å². The van der Waals surface area contributed by atoms with Crippen LogP contribution in [-0.4, -0.2) is 13.0 Å². The third-order valence-corrected chi connectivity index (χ3v) is 2.96. The second kappa shape index (κ2) is 3.77. The second-order valence-corrected chi connectivity index (χ2v) is 3.87. The molecular formula is C10H9NO2S. The zero-order chi connectivity index (χ0) is 9.97. The van der Waals surface area contributed by atoms with Crippen molar-refractivity contribution in [1.82, 2.24) is 5.48 Å². The number of hydrogen-bond acceptors (Lipinski definition) is 3. The average Bonchev–Trinajstić information content (AvgIpc) is 2.61. The van der Waals surface area contributed by atoms with E-state index in [1.54, 1.807) is 0 Å². The largest absolute Gasteiger partial charge is 0.284 e. The Hall–Kier alpha value is -1.39. The van der Waals surface area contributed by atoms with Crippen LogP contribution in [0.15, 0.2) is 30.3 Å². The molecule has 0 spiro atoms. The molecule has 0 aliphatic carbocycles. The predicted molar refractivity (Wildman–Crippen MR) is 56.3 cm³/mol. The number of benzene rings is 1. The molecule has 1 amide bonds. The summed E-state index contributed by atoms with van der Waals surface area (Å²) in [6, 6.07) is 9.73. The van der Waals surface area contributed by atoms with E-state index in [1.165, 1.54) is 18.4 Å². The van der Waals surface area contributed by atoms with Gasteiger partial charge in [-0.05, 0) is 17.5 Å². The molecule has 0 saturated carbocycles. The standard InChI is InChI=1S/C10H9NO2S/c1-13-11-10(12)9-6-7-4-2-3-5-8(7)14-9/h2-6H,1H3,(H,11,12). The Morgan fingerprint density at radius 1 is 1.43 bits per heavy atom. The van der Waals surface area contributed by atoms with Gasteiger partial charge < -0.3 is 0 Å². The van der Waals surface area contributed by atoms with Crippen LogP contribution >= 0.6 is 11.3 Å². The molecule has 2 rings (SSSR count). The van der Waals surface area contributed by atoms with E-state index >= 15 is 0 Å². The van der Waals surface area contributed by atoms with Crippen LogP contribution in [0.25, 0.3) is 10.1 Å². The molecule has 1 heterocycles. The average molecular weight is 207 g/mol. The van der Waals surface area contributed by atoms with Gasteiger partial charge in [-0.2, -0.15) is 0 Å². The maximum Gasteiger partial charge on any atom is 0.284 e. The highest BCUT2D eigenvalue weighted by Crippen LogP contribution is 2.24. The van der Waals surface area contributed by atoms with Crippen LogP contribution in [0, 0.1) is 0 Å². The summed E-state index contributed by atoms with van der Waals surface area (Å²) in [4.78, 5) is 16.6. The highest BCUT2D eigenvalue weighted by atomic mass is 32.1. The molecule has 0 aliphatic heterocycles. The molecule has 1 aromatic heterocycles. The zero-order valence-electron chi connectivity index (χ0n) is 7.61. The fourth-order valence-corrected chi connectivity index (χ4v) is 2.19. The molecule has 0 aliphatic rings. The first-order valence-electron chi connectivity index (χ1n) is 4.13. The van der Waals surface area contributed by atoms with Gasteiger partial charge in [0.2, 0.25) is 0 Å². The number of carbonyl (C=O) groups is 1. The Morgan fingerprint density at radius 3 is 2.93 bits per heavy atom. The summed E-state index contributed by atoms with van der Waals surface area (Å²) < 4.78 is 1.11. The van der Waals surface area contributed by atoms with Gasteiger partial charge in [-0.3, -0.25) is 9.63 Å². The van der Waals surface area contributed by atoms with Gasteiger partial charge in [0.05, 0.1) is 12.0 Å². The summed E-state index contributed by atoms with van der Waals surface area (Å²) in [6.45, 7) is 0. The zero-order valence-corrected chi connectivity index (χ0v) is 8.43. The van der Waals surface area contributed by atoms with Gasteiger partial charge in [-0.25, -0.2) is 5.48 Å². The van der Waals surface area contributed by atoms with Crippen molar-refractivity contribution >= 4 is 27.3 Å². The van der Waals surface area contributed by atoms with Crippen molar-refractivity contribution in [2.45, 2.75) is 0 Å². The Bertz CT molecular complexity index is 431. The third kappa shape index (κ3) is 1.62. The van der Waals surface area contributed by atoms with Crippen molar-refractivity contribution in [2.24, 2.45) is 0 Å². The lowest BCUT2D eigenvalue weighted by Crippen LogP contribution is -2.20. The van der Waals surface area contributed by atoms with E-state index in [4.69, 9.17) is 0 Å². The van der Waals surface area contributed by atoms with Crippen molar-refractivity contribution in [1.29, 1.82) is 0 Å². The number of fused-ring (bicyclic) bond motifs is 1. The molecule has 0 saturated heterocycles. The number of nitrogens with one attached hydrogen (secondary N) is 1. The van der Waals surface area contributed by atoms with E-state index in [9.17, 15) is 4.79 Å². The fraction of sp³-hybridized carbons (Fsp3) is 0.100. The Labute approximate surface area is 85.3 Å². The molecule has 0 unspecified atom stereocenters. The molecule has 0 atom stereocenters. The third-order valence-electron chi connectivity index (χ3n) is 1.84. The molecule has 1 aromatic carbocycles. The first kappa shape index (κ1) is 9.18. The van der Waals surface area contributed by atoms with E-state index in [2.05, 4.69) is 10.3 Å². The molecular weight excluding hydrogens is 198 g/mol. The Balaban J connectivity index is 2.40. The smallest absolute Gasteiger partial charge is 0.277 e. The van der Waals surface area contributed by atoms with Crippen LogP contribution in [0.3, 0.4) is 0 Å². The van der Waals surface area contributed by atoms with E-state index in [0.29, 0.717) is 4.88 Å². The lowest BCUT2D eigenvalue weighted by Gasteiger charge is -1.96. The summed E-state index contributed by atoms with van der Waals surface area (Å²) in [5.41, 5.74) is 2.29. The topological polar surface area (TPSA) is 38.3 Å². The van der Waals surface area contributed by atoms with Crippen molar-refractivity contribution in [3.8, 4) is 0 Å². The van der Waals surface area contributed by atoms with Crippen molar-refractivity contribution in [3.05, 3.63) is 35.2 Å². The summed E-state index contributed by atoms with van der Waals surface area (Å²) in [6.07, 6.45) is 0. The normalized spacial score (nSPS) is 10.4. The maximum absolute atomic E-state index is 11.4. The number of amides is 1. The van der Waals surface area contributed by atoms with Crippen LogP contribution in [0.5, 0.6) is 0 Å². The van der Waals surface area contributed by atoms with Gasteiger partial charge in [0.25, 0.3) is 5.91 Å². The lowest BCUT2D eigenvalue weighted by atomic mass is 10.2. The fourth-order valence-electron chi connectivity index (χ4n) is 1.24. The number of thiophene rings is 1. The molecule has 0 fully saturated rings. The minimum atomic E-state index is -0.200. The number of carbonyl (C=O) groups excluding carboxylic acids is 1. The van der Waals surface area contributed by atoms with E-state index in [-0.39, 0.29) is 5.91 Å². The highest BCUT2D eigenvalue weighted by molar-refractivity contribution is 7.20. The second-order valence-electron chi connectivity index (χ2n) is 2.78. The van der Waals surface area contributed by atoms with Gasteiger partial charge in [-0.1, -0.05) is 18.2 Å². The van der Waals surface area contributed by atoms with Crippen molar-refractivity contribution in [2.75, 3.05) is 7.11 Å². The monoisotopic (exact) mass is 207 g/mol. The highest BCUT2D eigenvalue weighted by Gasteiger charge is 2.08. The predicted octanol–water partition coefficient (Wildman–Crippen LogP) is 2.19. The molecule has 0 bridgehead atoms. The van der Waals surface area contributed by atoms with Gasteiger partial charge in [0, 0.05) is 4.70 Å². The van der Waals surface area contributed by atoms with Gasteiger partial charge >= 0.3 is 0 Å². The van der Waals surface area contributed by atoms with Gasteiger partial charge in [-0.15, -0.1) is 11.3 Å². The molecule has 2 aromatic rings. The van der Waals surface area contributed by atoms with Crippen LogP contribution < -0.4 is 5.48 Å². The van der Waals surface area contributed by atoms with Crippen molar-refractivity contribution in [3.63, 3.8) is 0 Å². The minimum absolute atomic E-state index is 0.200. The summed E-state index contributed by atoms with van der Waals surface area (Å²) in [5.74, 6) is -0.200. The van der Waals surface area contributed by atoms with Crippen LogP contribution in [-0.2, 0) is 4.84 Å². The van der Waals surface area contributed by atoms with Gasteiger partial charge in [0.1, 0.15) is 0 Å². The summed E-state index contributed by atoms with van der Waals surface area (Å²) >= 11 is 1.45. The molecule has 1 N–H and O–H groups in total. The lowest BCUT2D eigenvalue weighted by molar-refractivity contribution is 0.0542. The summed E-state index contributed by atoms with van der Waals surface area (Å²) in [5, 5.41) is 1.08. The quantitative estimate of drug-likeness (QED) is 0.766. The maximum atomic E-state index is 11.4. The molecule has 4 heteroatoms. The van der Waals surface area contributed by atoms with E-state index in [0.717, 1.165) is 10.1 Å². The van der Waals surface area contributed by atoms with Crippen LogP contribution in [0.4, 0.5) is 0 Å². The Kier molecular flexibility index (Phi) is 2.47. The first-order chi connectivity index (χ1) is 6.81. The van der Waals surface area contributed by atoms with Crippen LogP contribution in [0.2, 0.25) is 0 Å². The molecule has 72 valence electrons. The first-order valence-corrected chi connectivity index (χ1v) is 4.95. The summed E-state index contributed by atoms with van der Waals surface area (Å²) in [7, 11) is 1.42. The van der Waals surface area contributed by atoms with Crippen LogP contribution in [0.1, 0.15) is 9.67 Å². The minimum Gasteiger partial charge on any atom is -0.277 e. The number of rotatable bonds is 2. The number of hydrogen-bond donors (Lipinski definition) is 1. The molecule has 3 nitrogen and oxygen atoms in total. The van der Waals surface area contributed by atoms with Crippen molar-refractivity contribution < 1.29 is 9.63 Å². The molecule has 14 heavy (non-hydrogen) atoms. The Morgan fingerprint density at radius 2 is 2.21 bits per heavy atom.